The van der Waals surface area contributed by atoms with Gasteiger partial charge >= 0.3 is 5.97 Å². The Kier molecular flexibility index (Phi) is 7.00. The van der Waals surface area contributed by atoms with Gasteiger partial charge in [0.2, 0.25) is 0 Å². The molecule has 1 aromatic carbocycles. The van der Waals surface area contributed by atoms with E-state index in [9.17, 15) is 28.0 Å². The van der Waals surface area contributed by atoms with E-state index in [0.29, 0.717) is 56.3 Å². The van der Waals surface area contributed by atoms with Crippen molar-refractivity contribution in [3.63, 3.8) is 0 Å². The molecule has 2 amide bonds. The Morgan fingerprint density at radius 1 is 1.09 bits per heavy atom. The van der Waals surface area contributed by atoms with Crippen molar-refractivity contribution in [1.29, 1.82) is 0 Å². The summed E-state index contributed by atoms with van der Waals surface area (Å²) in [5.74, 6) is -5.24. The number of hydrogen-bond donors (Lipinski definition) is 3. The van der Waals surface area contributed by atoms with E-state index in [4.69, 9.17) is 5.11 Å². The Hall–Kier alpha value is -3.56. The van der Waals surface area contributed by atoms with Gasteiger partial charge in [-0.2, -0.15) is 0 Å². The molecule has 0 spiro atoms. The topological polar surface area (TPSA) is 118 Å². The number of amides is 2. The lowest BCUT2D eigenvalue weighted by Crippen LogP contribution is -2.37. The highest BCUT2D eigenvalue weighted by Gasteiger charge is 2.33. The molecule has 1 fully saturated rings. The predicted octanol–water partition coefficient (Wildman–Crippen LogP) is 3.46. The summed E-state index contributed by atoms with van der Waals surface area (Å²) in [7, 11) is 0. The third-order valence-electron chi connectivity index (χ3n) is 6.98. The first-order valence-corrected chi connectivity index (χ1v) is 11.7. The summed E-state index contributed by atoms with van der Waals surface area (Å²) in [4.78, 5) is 49.9. The molecule has 0 radical (unpaired) electrons. The molecule has 3 N–H and O–H groups in total. The van der Waals surface area contributed by atoms with Crippen molar-refractivity contribution in [3.05, 3.63) is 52.3 Å². The first-order chi connectivity index (χ1) is 16.7. The fourth-order valence-electron chi connectivity index (χ4n) is 5.12. The number of halogens is 2. The zero-order valence-corrected chi connectivity index (χ0v) is 19.3. The Bertz CT molecular complexity index is 1200. The third-order valence-corrected chi connectivity index (χ3v) is 6.98. The molecule has 1 aliphatic heterocycles. The van der Waals surface area contributed by atoms with Gasteiger partial charge in [-0.15, -0.1) is 0 Å². The van der Waals surface area contributed by atoms with Gasteiger partial charge in [0.1, 0.15) is 0 Å². The standard InChI is InChI=1S/C25H27F2N3O5/c1-13-20(23(32)29-16-8-9-17(26)18(27)11-16)19-3-2-10-30(19)21(13)22(31)24(33)28-12-14-4-6-15(7-5-14)25(34)35/h8-9,11,14-15H,2-7,10,12H2,1H3,(H,28,33)(H,29,32)(H,34,35). The molecular weight excluding hydrogens is 460 g/mol. The fraction of sp³-hybridized carbons (Fsp3) is 0.440. The van der Waals surface area contributed by atoms with Gasteiger partial charge < -0.3 is 20.3 Å². The van der Waals surface area contributed by atoms with E-state index in [1.807, 2.05) is 0 Å². The van der Waals surface area contributed by atoms with E-state index in [-0.39, 0.29) is 35.3 Å². The van der Waals surface area contributed by atoms with Crippen LogP contribution in [0, 0.1) is 30.4 Å². The number of anilines is 1. The van der Waals surface area contributed by atoms with E-state index >= 15 is 0 Å². The lowest BCUT2D eigenvalue weighted by atomic mass is 9.82. The Labute approximate surface area is 200 Å². The molecule has 35 heavy (non-hydrogen) atoms. The van der Waals surface area contributed by atoms with Crippen LogP contribution in [-0.2, 0) is 22.6 Å². The average Bonchev–Trinajstić information content (AvgIpc) is 3.39. The summed E-state index contributed by atoms with van der Waals surface area (Å²) < 4.78 is 28.4. The Morgan fingerprint density at radius 2 is 1.80 bits per heavy atom. The van der Waals surface area contributed by atoms with E-state index in [0.717, 1.165) is 12.1 Å². The summed E-state index contributed by atoms with van der Waals surface area (Å²) in [5.41, 5.74) is 1.48. The van der Waals surface area contributed by atoms with Crippen molar-refractivity contribution in [2.45, 2.75) is 52.0 Å². The number of benzene rings is 1. The zero-order chi connectivity index (χ0) is 25.3. The number of nitrogens with one attached hydrogen (secondary N) is 2. The maximum Gasteiger partial charge on any atom is 0.306 e. The highest BCUT2D eigenvalue weighted by atomic mass is 19.2. The van der Waals surface area contributed by atoms with Crippen molar-refractivity contribution < 1.29 is 33.1 Å². The molecule has 10 heteroatoms. The minimum Gasteiger partial charge on any atom is -0.481 e. The van der Waals surface area contributed by atoms with Crippen LogP contribution < -0.4 is 10.6 Å². The number of carbonyl (C=O) groups is 4. The highest BCUT2D eigenvalue weighted by Crippen LogP contribution is 2.31. The predicted molar refractivity (Wildman–Crippen MR) is 122 cm³/mol. The molecule has 2 aliphatic rings. The molecule has 2 heterocycles. The van der Waals surface area contributed by atoms with E-state index in [1.54, 1.807) is 11.5 Å². The van der Waals surface area contributed by atoms with Gasteiger partial charge in [-0.05, 0) is 69.1 Å². The van der Waals surface area contributed by atoms with E-state index < -0.39 is 35.2 Å². The van der Waals surface area contributed by atoms with Crippen molar-refractivity contribution in [1.82, 2.24) is 9.88 Å². The first kappa shape index (κ1) is 24.6. The molecule has 2 aromatic rings. The summed E-state index contributed by atoms with van der Waals surface area (Å²) in [6.45, 7) is 2.37. The van der Waals surface area contributed by atoms with Crippen LogP contribution in [0.5, 0.6) is 0 Å². The largest absolute Gasteiger partial charge is 0.481 e. The second kappa shape index (κ2) is 9.97. The lowest BCUT2D eigenvalue weighted by Gasteiger charge is -2.26. The molecule has 0 unspecified atom stereocenters. The van der Waals surface area contributed by atoms with Gasteiger partial charge in [0, 0.05) is 30.5 Å². The third kappa shape index (κ3) is 4.96. The molecule has 1 aromatic heterocycles. The maximum absolute atomic E-state index is 13.5. The molecule has 0 atom stereocenters. The van der Waals surface area contributed by atoms with Crippen molar-refractivity contribution in [2.75, 3.05) is 11.9 Å². The first-order valence-electron chi connectivity index (χ1n) is 11.7. The quantitative estimate of drug-likeness (QED) is 0.408. The number of aromatic nitrogens is 1. The molecule has 186 valence electrons. The summed E-state index contributed by atoms with van der Waals surface area (Å²) in [5, 5.41) is 14.3. The maximum atomic E-state index is 13.5. The molecule has 1 aliphatic carbocycles. The SMILES string of the molecule is Cc1c(C(=O)Nc2ccc(F)c(F)c2)c2n(c1C(=O)C(=O)NCC1CCC(C(=O)O)CC1)CCC2. The number of aliphatic carboxylic acids is 1. The number of hydrogen-bond acceptors (Lipinski definition) is 4. The van der Waals surface area contributed by atoms with Crippen molar-refractivity contribution >= 4 is 29.3 Å². The van der Waals surface area contributed by atoms with Crippen LogP contribution in [0.25, 0.3) is 0 Å². The number of rotatable bonds is 7. The molecule has 0 saturated heterocycles. The van der Waals surface area contributed by atoms with Gasteiger partial charge in [-0.1, -0.05) is 0 Å². The van der Waals surface area contributed by atoms with Crippen LogP contribution in [0.15, 0.2) is 18.2 Å². The van der Waals surface area contributed by atoms with Gasteiger partial charge in [0.05, 0.1) is 17.2 Å². The van der Waals surface area contributed by atoms with E-state index in [2.05, 4.69) is 10.6 Å². The Balaban J connectivity index is 1.47. The number of carboxylic acid groups (broad SMARTS) is 1. The second-order valence-corrected chi connectivity index (χ2v) is 9.23. The number of fused-ring (bicyclic) bond motifs is 1. The summed E-state index contributed by atoms with van der Waals surface area (Å²) in [6, 6.07) is 3.03. The molecule has 0 bridgehead atoms. The van der Waals surface area contributed by atoms with Crippen LogP contribution in [0.1, 0.15) is 64.2 Å². The zero-order valence-electron chi connectivity index (χ0n) is 19.3. The molecule has 8 nitrogen and oxygen atoms in total. The average molecular weight is 488 g/mol. The number of ketones is 1. The van der Waals surface area contributed by atoms with Crippen LogP contribution in [0.2, 0.25) is 0 Å². The van der Waals surface area contributed by atoms with Crippen molar-refractivity contribution in [2.24, 2.45) is 11.8 Å². The van der Waals surface area contributed by atoms with Crippen molar-refractivity contribution in [3.8, 4) is 0 Å². The fourth-order valence-corrected chi connectivity index (χ4v) is 5.12. The minimum atomic E-state index is -1.09. The number of Topliss-reactive ketones (excluding diaryl/α,β-unsaturated/α-hetero) is 1. The molecular formula is C25H27F2N3O5. The summed E-state index contributed by atoms with van der Waals surface area (Å²) in [6.07, 6.45) is 3.68. The number of nitrogens with zero attached hydrogens (tertiary/aromatic N) is 1. The van der Waals surface area contributed by atoms with Crippen LogP contribution in [0.4, 0.5) is 14.5 Å². The van der Waals surface area contributed by atoms with Gasteiger partial charge in [-0.25, -0.2) is 8.78 Å². The summed E-state index contributed by atoms with van der Waals surface area (Å²) >= 11 is 0. The lowest BCUT2D eigenvalue weighted by molar-refractivity contribution is -0.143. The number of carbonyl (C=O) groups excluding carboxylic acids is 3. The Morgan fingerprint density at radius 3 is 2.46 bits per heavy atom. The normalized spacial score (nSPS) is 19.2. The monoisotopic (exact) mass is 487 g/mol. The van der Waals surface area contributed by atoms with Crippen LogP contribution in [-0.4, -0.2) is 39.8 Å². The number of carboxylic acids is 1. The molecule has 4 rings (SSSR count). The smallest absolute Gasteiger partial charge is 0.306 e. The highest BCUT2D eigenvalue weighted by molar-refractivity contribution is 6.43. The van der Waals surface area contributed by atoms with Gasteiger partial charge in [-0.3, -0.25) is 19.2 Å². The van der Waals surface area contributed by atoms with Crippen LogP contribution in [0.3, 0.4) is 0 Å². The van der Waals surface area contributed by atoms with E-state index in [1.165, 1.54) is 6.07 Å². The second-order valence-electron chi connectivity index (χ2n) is 9.23. The van der Waals surface area contributed by atoms with Gasteiger partial charge in [0.25, 0.3) is 17.6 Å². The minimum absolute atomic E-state index is 0.0782. The van der Waals surface area contributed by atoms with Gasteiger partial charge in [0.15, 0.2) is 11.6 Å². The molecule has 1 saturated carbocycles. The van der Waals surface area contributed by atoms with Crippen LogP contribution >= 0.6 is 0 Å².